The highest BCUT2D eigenvalue weighted by Crippen LogP contribution is 2.27. The first kappa shape index (κ1) is 17.9. The SMILES string of the molecule is CCc1ccc(CC(=O)C(CC)(CC)N(CC)CC)cc1. The van der Waals surface area contributed by atoms with Crippen molar-refractivity contribution in [3.63, 3.8) is 0 Å². The number of hydrogen-bond donors (Lipinski definition) is 0. The van der Waals surface area contributed by atoms with Gasteiger partial charge in [0, 0.05) is 6.42 Å². The Morgan fingerprint density at radius 1 is 0.905 bits per heavy atom. The van der Waals surface area contributed by atoms with E-state index in [1.807, 2.05) is 0 Å². The Kier molecular flexibility index (Phi) is 7.10. The van der Waals surface area contributed by atoms with Crippen LogP contribution in [-0.4, -0.2) is 29.3 Å². The van der Waals surface area contributed by atoms with E-state index in [0.29, 0.717) is 12.2 Å². The zero-order valence-electron chi connectivity index (χ0n) is 14.4. The van der Waals surface area contributed by atoms with Crippen molar-refractivity contribution in [3.05, 3.63) is 35.4 Å². The van der Waals surface area contributed by atoms with Gasteiger partial charge < -0.3 is 0 Å². The molecule has 1 aromatic rings. The van der Waals surface area contributed by atoms with Gasteiger partial charge in [0.2, 0.25) is 0 Å². The van der Waals surface area contributed by atoms with Crippen LogP contribution in [0.4, 0.5) is 0 Å². The summed E-state index contributed by atoms with van der Waals surface area (Å²) in [7, 11) is 0. The first-order valence-corrected chi connectivity index (χ1v) is 8.43. The molecular formula is C19H31NO. The van der Waals surface area contributed by atoms with Crippen LogP contribution in [-0.2, 0) is 17.6 Å². The van der Waals surface area contributed by atoms with Crippen molar-refractivity contribution >= 4 is 5.78 Å². The molecule has 0 amide bonds. The largest absolute Gasteiger partial charge is 0.297 e. The molecule has 0 atom stereocenters. The van der Waals surface area contributed by atoms with Crippen LogP contribution >= 0.6 is 0 Å². The molecule has 0 aliphatic carbocycles. The van der Waals surface area contributed by atoms with Crippen LogP contribution in [0.1, 0.15) is 58.6 Å². The number of Topliss-reactive ketones (excluding diaryl/α,β-unsaturated/α-hetero) is 1. The van der Waals surface area contributed by atoms with E-state index in [2.05, 4.69) is 63.8 Å². The van der Waals surface area contributed by atoms with Gasteiger partial charge >= 0.3 is 0 Å². The molecule has 0 spiro atoms. The van der Waals surface area contributed by atoms with E-state index in [4.69, 9.17) is 0 Å². The molecule has 0 saturated heterocycles. The summed E-state index contributed by atoms with van der Waals surface area (Å²) in [6.07, 6.45) is 3.36. The minimum atomic E-state index is -0.299. The Morgan fingerprint density at radius 2 is 1.38 bits per heavy atom. The monoisotopic (exact) mass is 289 g/mol. The number of benzene rings is 1. The molecule has 0 fully saturated rings. The normalized spacial score (nSPS) is 11.9. The molecule has 1 rings (SSSR count). The van der Waals surface area contributed by atoms with Crippen molar-refractivity contribution in [1.29, 1.82) is 0 Å². The van der Waals surface area contributed by atoms with E-state index >= 15 is 0 Å². The molecule has 0 aliphatic rings. The van der Waals surface area contributed by atoms with Gasteiger partial charge in [0.15, 0.2) is 5.78 Å². The highest BCUT2D eigenvalue weighted by molar-refractivity contribution is 5.90. The molecule has 21 heavy (non-hydrogen) atoms. The summed E-state index contributed by atoms with van der Waals surface area (Å²) in [6.45, 7) is 12.6. The Balaban J connectivity index is 2.95. The number of hydrogen-bond acceptors (Lipinski definition) is 2. The average molecular weight is 289 g/mol. The number of carbonyl (C=O) groups excluding carboxylic acids is 1. The Labute approximate surface area is 130 Å². The molecule has 0 heterocycles. The van der Waals surface area contributed by atoms with Crippen LogP contribution in [0.3, 0.4) is 0 Å². The van der Waals surface area contributed by atoms with E-state index < -0.39 is 0 Å². The van der Waals surface area contributed by atoms with Crippen molar-refractivity contribution in [2.24, 2.45) is 0 Å². The second-order valence-corrected chi connectivity index (χ2v) is 5.68. The number of nitrogens with zero attached hydrogens (tertiary/aromatic N) is 1. The third-order valence-electron chi connectivity index (χ3n) is 4.85. The number of rotatable bonds is 9. The summed E-state index contributed by atoms with van der Waals surface area (Å²) in [6, 6.07) is 8.49. The van der Waals surface area contributed by atoms with Crippen molar-refractivity contribution in [2.45, 2.75) is 65.8 Å². The van der Waals surface area contributed by atoms with Gasteiger partial charge in [-0.2, -0.15) is 0 Å². The molecule has 0 saturated carbocycles. The lowest BCUT2D eigenvalue weighted by atomic mass is 9.83. The maximum Gasteiger partial charge on any atom is 0.157 e. The lowest BCUT2D eigenvalue weighted by Gasteiger charge is -2.41. The van der Waals surface area contributed by atoms with Gasteiger partial charge in [-0.3, -0.25) is 9.69 Å². The van der Waals surface area contributed by atoms with Crippen LogP contribution in [0.25, 0.3) is 0 Å². The molecule has 2 heteroatoms. The van der Waals surface area contributed by atoms with Gasteiger partial charge in [-0.1, -0.05) is 58.9 Å². The fourth-order valence-electron chi connectivity index (χ4n) is 3.34. The smallest absolute Gasteiger partial charge is 0.157 e. The predicted octanol–water partition coefficient (Wildman–Crippen LogP) is 4.26. The van der Waals surface area contributed by atoms with Crippen molar-refractivity contribution in [1.82, 2.24) is 4.90 Å². The molecule has 0 radical (unpaired) electrons. The number of aryl methyl sites for hydroxylation is 1. The van der Waals surface area contributed by atoms with Crippen LogP contribution in [0.5, 0.6) is 0 Å². The predicted molar refractivity (Wildman–Crippen MR) is 90.8 cm³/mol. The summed E-state index contributed by atoms with van der Waals surface area (Å²) in [5.41, 5.74) is 2.16. The number of likely N-dealkylation sites (N-methyl/N-ethyl adjacent to an activating group) is 1. The summed E-state index contributed by atoms with van der Waals surface area (Å²) in [5.74, 6) is 0.362. The first-order chi connectivity index (χ1) is 10.1. The highest BCUT2D eigenvalue weighted by Gasteiger charge is 2.38. The highest BCUT2D eigenvalue weighted by atomic mass is 16.1. The molecular weight excluding hydrogens is 258 g/mol. The van der Waals surface area contributed by atoms with Crippen LogP contribution < -0.4 is 0 Å². The van der Waals surface area contributed by atoms with Gasteiger partial charge in [0.25, 0.3) is 0 Å². The van der Waals surface area contributed by atoms with E-state index in [0.717, 1.165) is 37.9 Å². The molecule has 118 valence electrons. The summed E-state index contributed by atoms with van der Waals surface area (Å²) < 4.78 is 0. The lowest BCUT2D eigenvalue weighted by Crippen LogP contribution is -2.54. The topological polar surface area (TPSA) is 20.3 Å². The van der Waals surface area contributed by atoms with E-state index in [1.54, 1.807) is 0 Å². The zero-order valence-corrected chi connectivity index (χ0v) is 14.4. The summed E-state index contributed by atoms with van der Waals surface area (Å²) >= 11 is 0. The Morgan fingerprint density at radius 3 is 1.76 bits per heavy atom. The van der Waals surface area contributed by atoms with Crippen LogP contribution in [0.2, 0.25) is 0 Å². The quantitative estimate of drug-likeness (QED) is 0.677. The van der Waals surface area contributed by atoms with E-state index in [1.165, 1.54) is 5.56 Å². The number of ketones is 1. The Bertz CT molecular complexity index is 427. The Hall–Kier alpha value is -1.15. The second-order valence-electron chi connectivity index (χ2n) is 5.68. The van der Waals surface area contributed by atoms with E-state index in [9.17, 15) is 4.79 Å². The molecule has 1 aromatic carbocycles. The van der Waals surface area contributed by atoms with Gasteiger partial charge in [0.05, 0.1) is 5.54 Å². The van der Waals surface area contributed by atoms with Gasteiger partial charge in [0.1, 0.15) is 0 Å². The molecule has 0 aromatic heterocycles. The van der Waals surface area contributed by atoms with E-state index in [-0.39, 0.29) is 5.54 Å². The zero-order chi connectivity index (χ0) is 15.9. The minimum absolute atomic E-state index is 0.299. The maximum absolute atomic E-state index is 13.0. The van der Waals surface area contributed by atoms with Gasteiger partial charge in [-0.15, -0.1) is 0 Å². The van der Waals surface area contributed by atoms with Gasteiger partial charge in [-0.25, -0.2) is 0 Å². The number of carbonyl (C=O) groups is 1. The maximum atomic E-state index is 13.0. The molecule has 0 bridgehead atoms. The van der Waals surface area contributed by atoms with Crippen molar-refractivity contribution in [3.8, 4) is 0 Å². The van der Waals surface area contributed by atoms with Crippen molar-refractivity contribution < 1.29 is 4.79 Å². The third-order valence-corrected chi connectivity index (χ3v) is 4.85. The standard InChI is InChI=1S/C19H31NO/c1-6-16-11-13-17(14-12-16)15-18(21)19(7-2,8-3)20(9-4)10-5/h11-14H,6-10,15H2,1-5H3. The molecule has 0 aliphatic heterocycles. The summed E-state index contributed by atoms with van der Waals surface area (Å²) in [4.78, 5) is 15.3. The first-order valence-electron chi connectivity index (χ1n) is 8.43. The fraction of sp³-hybridized carbons (Fsp3) is 0.632. The van der Waals surface area contributed by atoms with Gasteiger partial charge in [-0.05, 0) is 43.5 Å². The summed E-state index contributed by atoms with van der Waals surface area (Å²) in [5, 5.41) is 0. The third kappa shape index (κ3) is 3.94. The lowest BCUT2D eigenvalue weighted by molar-refractivity contribution is -0.131. The molecule has 2 nitrogen and oxygen atoms in total. The van der Waals surface area contributed by atoms with Crippen molar-refractivity contribution in [2.75, 3.05) is 13.1 Å². The molecule has 0 unspecified atom stereocenters. The van der Waals surface area contributed by atoms with Crippen LogP contribution in [0.15, 0.2) is 24.3 Å². The second kappa shape index (κ2) is 8.33. The van der Waals surface area contributed by atoms with Crippen LogP contribution in [0, 0.1) is 0 Å². The minimum Gasteiger partial charge on any atom is -0.297 e. The fourth-order valence-corrected chi connectivity index (χ4v) is 3.34. The average Bonchev–Trinajstić information content (AvgIpc) is 2.53. The molecule has 0 N–H and O–H groups in total.